The fraction of sp³-hybridized carbons (Fsp3) is 0.217. The number of rotatable bonds is 3. The van der Waals surface area contributed by atoms with Gasteiger partial charge in [0, 0.05) is 16.1 Å². The van der Waals surface area contributed by atoms with E-state index < -0.39 is 0 Å². The monoisotopic (exact) mass is 421 g/mol. The summed E-state index contributed by atoms with van der Waals surface area (Å²) in [5.41, 5.74) is 5.43. The Morgan fingerprint density at radius 1 is 1.14 bits per heavy atom. The van der Waals surface area contributed by atoms with E-state index in [1.807, 2.05) is 54.1 Å². The van der Waals surface area contributed by atoms with Crippen molar-refractivity contribution in [2.24, 2.45) is 0 Å². The van der Waals surface area contributed by atoms with E-state index in [1.165, 1.54) is 35.3 Å². The van der Waals surface area contributed by atoms with Crippen LogP contribution in [0.2, 0.25) is 5.02 Å². The number of benzene rings is 2. The van der Waals surface area contributed by atoms with Crippen LogP contribution < -0.4 is 5.32 Å². The van der Waals surface area contributed by atoms with Crippen molar-refractivity contribution in [1.29, 1.82) is 0 Å². The molecule has 1 N–H and O–H groups in total. The van der Waals surface area contributed by atoms with Crippen molar-refractivity contribution in [2.75, 3.05) is 5.32 Å². The molecule has 6 heteroatoms. The van der Waals surface area contributed by atoms with E-state index in [2.05, 4.69) is 16.5 Å². The number of carbonyl (C=O) groups excluding carboxylic acids is 1. The molecule has 1 amide bonds. The molecule has 2 heterocycles. The van der Waals surface area contributed by atoms with E-state index in [0.29, 0.717) is 9.90 Å². The molecular formula is C23H20ClN3OS. The summed E-state index contributed by atoms with van der Waals surface area (Å²) >= 11 is 7.48. The zero-order valence-corrected chi connectivity index (χ0v) is 17.6. The molecule has 1 aliphatic carbocycles. The molecule has 2 aromatic heterocycles. The molecule has 0 aliphatic heterocycles. The molecule has 0 saturated carbocycles. The van der Waals surface area contributed by atoms with Gasteiger partial charge in [-0.05, 0) is 80.1 Å². The van der Waals surface area contributed by atoms with Gasteiger partial charge in [0.25, 0.3) is 5.91 Å². The predicted molar refractivity (Wildman–Crippen MR) is 120 cm³/mol. The number of hydrogen-bond donors (Lipinski definition) is 1. The lowest BCUT2D eigenvalue weighted by Gasteiger charge is -2.19. The number of aryl methyl sites for hydroxylation is 2. The maximum Gasteiger partial charge on any atom is 0.265 e. The summed E-state index contributed by atoms with van der Waals surface area (Å²) in [6.07, 6.45) is 4.53. The van der Waals surface area contributed by atoms with E-state index in [0.717, 1.165) is 40.1 Å². The first-order valence-electron chi connectivity index (χ1n) is 9.77. The minimum absolute atomic E-state index is 0.0628. The number of nitrogens with one attached hydrogen (secondary N) is 1. The Bertz CT molecular complexity index is 1220. The molecule has 5 rings (SSSR count). The number of aromatic nitrogens is 2. The number of fused-ring (bicyclic) bond motifs is 2. The van der Waals surface area contributed by atoms with Gasteiger partial charge in [0.15, 0.2) is 0 Å². The maximum absolute atomic E-state index is 13.0. The molecule has 0 radical (unpaired) electrons. The van der Waals surface area contributed by atoms with Gasteiger partial charge in [0.1, 0.15) is 4.83 Å². The number of halogens is 1. The fourth-order valence-corrected chi connectivity index (χ4v) is 5.20. The van der Waals surface area contributed by atoms with Crippen molar-refractivity contribution in [3.05, 3.63) is 75.3 Å². The van der Waals surface area contributed by atoms with Crippen LogP contribution in [-0.4, -0.2) is 15.7 Å². The summed E-state index contributed by atoms with van der Waals surface area (Å²) in [6.45, 7) is 1.97. The molecule has 0 unspecified atom stereocenters. The second-order valence-electron chi connectivity index (χ2n) is 7.41. The third-order valence-electron chi connectivity index (χ3n) is 5.48. The average Bonchev–Trinajstić information content (AvgIpc) is 3.30. The number of hydrogen-bond acceptors (Lipinski definition) is 3. The van der Waals surface area contributed by atoms with Crippen molar-refractivity contribution in [3.8, 4) is 5.69 Å². The molecule has 1 aliphatic rings. The van der Waals surface area contributed by atoms with Crippen LogP contribution in [0, 0.1) is 6.92 Å². The summed E-state index contributed by atoms with van der Waals surface area (Å²) in [6, 6.07) is 15.7. The molecule has 146 valence electrons. The zero-order chi connectivity index (χ0) is 20.0. The molecule has 0 fully saturated rings. The molecule has 0 spiro atoms. The lowest BCUT2D eigenvalue weighted by Crippen LogP contribution is -2.14. The first-order chi connectivity index (χ1) is 14.1. The minimum atomic E-state index is -0.0628. The Morgan fingerprint density at radius 3 is 2.76 bits per heavy atom. The van der Waals surface area contributed by atoms with Gasteiger partial charge in [0.2, 0.25) is 0 Å². The van der Waals surface area contributed by atoms with Crippen molar-refractivity contribution in [2.45, 2.75) is 32.6 Å². The van der Waals surface area contributed by atoms with Crippen LogP contribution in [0.25, 0.3) is 15.9 Å². The largest absolute Gasteiger partial charge is 0.321 e. The highest BCUT2D eigenvalue weighted by Crippen LogP contribution is 2.32. The summed E-state index contributed by atoms with van der Waals surface area (Å²) in [7, 11) is 0. The van der Waals surface area contributed by atoms with E-state index in [9.17, 15) is 4.79 Å². The first-order valence-corrected chi connectivity index (χ1v) is 11.0. The second-order valence-corrected chi connectivity index (χ2v) is 8.87. The minimum Gasteiger partial charge on any atom is -0.321 e. The SMILES string of the molecule is Cc1nn(-c2ccc(Cl)cc2)c2sc(C(=O)Nc3cccc4c3CCCC4)cc12. The van der Waals surface area contributed by atoms with Crippen LogP contribution in [0.15, 0.2) is 48.5 Å². The van der Waals surface area contributed by atoms with Crippen LogP contribution in [0.4, 0.5) is 5.69 Å². The van der Waals surface area contributed by atoms with Gasteiger partial charge < -0.3 is 5.32 Å². The molecule has 2 aromatic carbocycles. The highest BCUT2D eigenvalue weighted by molar-refractivity contribution is 7.20. The van der Waals surface area contributed by atoms with Crippen molar-refractivity contribution in [3.63, 3.8) is 0 Å². The Hall–Kier alpha value is -2.63. The third kappa shape index (κ3) is 3.34. The van der Waals surface area contributed by atoms with Crippen LogP contribution in [0.1, 0.15) is 39.3 Å². The lowest BCUT2D eigenvalue weighted by atomic mass is 9.90. The van der Waals surface area contributed by atoms with E-state index in [4.69, 9.17) is 11.6 Å². The number of thiophene rings is 1. The quantitative estimate of drug-likeness (QED) is 0.429. The van der Waals surface area contributed by atoms with Crippen LogP contribution in [0.3, 0.4) is 0 Å². The summed E-state index contributed by atoms with van der Waals surface area (Å²) in [5, 5.41) is 9.48. The van der Waals surface area contributed by atoms with Gasteiger partial charge >= 0.3 is 0 Å². The average molecular weight is 422 g/mol. The molecule has 0 bridgehead atoms. The Kier molecular flexibility index (Phi) is 4.64. The van der Waals surface area contributed by atoms with Gasteiger partial charge in [-0.25, -0.2) is 4.68 Å². The second kappa shape index (κ2) is 7.32. The van der Waals surface area contributed by atoms with Gasteiger partial charge in [-0.2, -0.15) is 5.10 Å². The van der Waals surface area contributed by atoms with E-state index in [1.54, 1.807) is 0 Å². The Balaban J connectivity index is 1.49. The summed E-state index contributed by atoms with van der Waals surface area (Å²) in [5.74, 6) is -0.0628. The molecule has 0 saturated heterocycles. The number of amides is 1. The highest BCUT2D eigenvalue weighted by Gasteiger charge is 2.19. The topological polar surface area (TPSA) is 46.9 Å². The summed E-state index contributed by atoms with van der Waals surface area (Å²) < 4.78 is 1.88. The van der Waals surface area contributed by atoms with Crippen LogP contribution >= 0.6 is 22.9 Å². The number of anilines is 1. The zero-order valence-electron chi connectivity index (χ0n) is 16.0. The molecule has 29 heavy (non-hydrogen) atoms. The number of nitrogens with zero attached hydrogens (tertiary/aromatic N) is 2. The van der Waals surface area contributed by atoms with Gasteiger partial charge in [-0.1, -0.05) is 23.7 Å². The first kappa shape index (κ1) is 18.4. The third-order valence-corrected chi connectivity index (χ3v) is 6.85. The molecular weight excluding hydrogens is 402 g/mol. The van der Waals surface area contributed by atoms with Crippen molar-refractivity contribution < 1.29 is 4.79 Å². The lowest BCUT2D eigenvalue weighted by molar-refractivity contribution is 0.103. The smallest absolute Gasteiger partial charge is 0.265 e. The van der Waals surface area contributed by atoms with Crippen molar-refractivity contribution >= 4 is 44.7 Å². The Labute approximate surface area is 178 Å². The van der Waals surface area contributed by atoms with E-state index >= 15 is 0 Å². The summed E-state index contributed by atoms with van der Waals surface area (Å²) in [4.78, 5) is 14.7. The number of carbonyl (C=O) groups is 1. The maximum atomic E-state index is 13.0. The van der Waals surface area contributed by atoms with Gasteiger partial charge in [-0.15, -0.1) is 11.3 Å². The standard InChI is InChI=1S/C23H20ClN3OS/c1-14-19-13-21(29-23(19)27(26-14)17-11-9-16(24)10-12-17)22(28)25-20-8-4-6-15-5-2-3-7-18(15)20/h4,6,8-13H,2-3,5,7H2,1H3,(H,25,28). The van der Waals surface area contributed by atoms with E-state index in [-0.39, 0.29) is 5.91 Å². The molecule has 4 aromatic rings. The van der Waals surface area contributed by atoms with Gasteiger partial charge in [-0.3, -0.25) is 4.79 Å². The predicted octanol–water partition coefficient (Wildman–Crippen LogP) is 6.18. The molecule has 0 atom stereocenters. The van der Waals surface area contributed by atoms with Crippen molar-refractivity contribution in [1.82, 2.24) is 9.78 Å². The van der Waals surface area contributed by atoms with Crippen LogP contribution in [-0.2, 0) is 12.8 Å². The van der Waals surface area contributed by atoms with Gasteiger partial charge in [0.05, 0.1) is 16.3 Å². The Morgan fingerprint density at radius 2 is 1.93 bits per heavy atom. The normalized spacial score (nSPS) is 13.4. The highest BCUT2D eigenvalue weighted by atomic mass is 35.5. The van der Waals surface area contributed by atoms with Crippen LogP contribution in [0.5, 0.6) is 0 Å². The molecule has 4 nitrogen and oxygen atoms in total. The fourth-order valence-electron chi connectivity index (χ4n) is 4.00.